The number of aromatic nitrogens is 4. The lowest BCUT2D eigenvalue weighted by Crippen LogP contribution is -2.21. The first-order valence-electron chi connectivity index (χ1n) is 8.00. The average Bonchev–Trinajstić information content (AvgIpc) is 2.89. The van der Waals surface area contributed by atoms with Crippen molar-refractivity contribution in [2.24, 2.45) is 7.05 Å². The number of nitrogens with zero attached hydrogens (tertiary/aromatic N) is 4. The molecule has 5 heteroatoms. The second-order valence-corrected chi connectivity index (χ2v) is 6.72. The van der Waals surface area contributed by atoms with Crippen molar-refractivity contribution in [1.82, 2.24) is 19.3 Å². The molecule has 3 heterocycles. The number of fused-ring (bicyclic) bond motifs is 1. The summed E-state index contributed by atoms with van der Waals surface area (Å²) in [4.78, 5) is 16.6. The van der Waals surface area contributed by atoms with Crippen LogP contribution < -0.4 is 5.56 Å². The summed E-state index contributed by atoms with van der Waals surface area (Å²) in [5.74, 6) is 1.66. The molecule has 0 radical (unpaired) electrons. The van der Waals surface area contributed by atoms with Gasteiger partial charge in [-0.25, -0.2) is 4.98 Å². The lowest BCUT2D eigenvalue weighted by molar-refractivity contribution is 0.535. The second kappa shape index (κ2) is 5.38. The van der Waals surface area contributed by atoms with Gasteiger partial charge in [0.15, 0.2) is 0 Å². The van der Waals surface area contributed by atoms with E-state index in [-0.39, 0.29) is 11.6 Å². The van der Waals surface area contributed by atoms with Crippen molar-refractivity contribution in [1.29, 1.82) is 0 Å². The lowest BCUT2D eigenvalue weighted by atomic mass is 9.92. The quantitative estimate of drug-likeness (QED) is 0.875. The van der Waals surface area contributed by atoms with Crippen LogP contribution in [0, 0.1) is 6.92 Å². The van der Waals surface area contributed by atoms with Crippen LogP contribution in [0.15, 0.2) is 17.1 Å². The highest BCUT2D eigenvalue weighted by atomic mass is 16.1. The summed E-state index contributed by atoms with van der Waals surface area (Å²) in [7, 11) is 2.01. The molecule has 1 aliphatic heterocycles. The SMILES string of the molecule is Cc1nn(C)c(C(C)C)c1C[C@H]1C[C@@H](C)n2c1nccc2=O. The zero-order valence-corrected chi connectivity index (χ0v) is 14.0. The topological polar surface area (TPSA) is 52.7 Å². The van der Waals surface area contributed by atoms with Crippen molar-refractivity contribution >= 4 is 0 Å². The minimum atomic E-state index is 0.0620. The minimum Gasteiger partial charge on any atom is -0.294 e. The maximum absolute atomic E-state index is 12.1. The van der Waals surface area contributed by atoms with E-state index in [1.165, 1.54) is 11.3 Å². The average molecular weight is 300 g/mol. The fraction of sp³-hybridized carbons (Fsp3) is 0.588. The summed E-state index contributed by atoms with van der Waals surface area (Å²) < 4.78 is 3.85. The molecule has 2 aromatic heterocycles. The Labute approximate surface area is 131 Å². The molecule has 0 bridgehead atoms. The molecule has 0 aromatic carbocycles. The molecule has 2 atom stereocenters. The molecular formula is C17H24N4O. The van der Waals surface area contributed by atoms with Gasteiger partial charge in [0.2, 0.25) is 0 Å². The van der Waals surface area contributed by atoms with E-state index in [9.17, 15) is 4.79 Å². The van der Waals surface area contributed by atoms with Gasteiger partial charge in [0.1, 0.15) is 5.82 Å². The third-order valence-electron chi connectivity index (χ3n) is 4.73. The molecule has 0 unspecified atom stereocenters. The largest absolute Gasteiger partial charge is 0.294 e. The highest BCUT2D eigenvalue weighted by Crippen LogP contribution is 2.37. The standard InChI is InChI=1S/C17H24N4O/c1-10(2)16-14(12(4)19-20(16)5)9-13-8-11(3)21-15(22)6-7-18-17(13)21/h6-7,10-11,13H,8-9H2,1-5H3/t11-,13-/m1/s1. The van der Waals surface area contributed by atoms with Crippen LogP contribution in [0.1, 0.15) is 67.8 Å². The van der Waals surface area contributed by atoms with Crippen molar-refractivity contribution in [3.05, 3.63) is 45.4 Å². The molecule has 0 amide bonds. The van der Waals surface area contributed by atoms with Gasteiger partial charge in [0, 0.05) is 37.0 Å². The molecule has 0 saturated carbocycles. The predicted molar refractivity (Wildman–Crippen MR) is 86.3 cm³/mol. The van der Waals surface area contributed by atoms with Crippen molar-refractivity contribution in [2.45, 2.75) is 58.4 Å². The minimum absolute atomic E-state index is 0.0620. The first-order chi connectivity index (χ1) is 10.4. The van der Waals surface area contributed by atoms with Crippen LogP contribution in [0.3, 0.4) is 0 Å². The van der Waals surface area contributed by atoms with E-state index < -0.39 is 0 Å². The highest BCUT2D eigenvalue weighted by molar-refractivity contribution is 5.30. The molecule has 0 fully saturated rings. The zero-order chi connectivity index (χ0) is 16.0. The molecule has 0 N–H and O–H groups in total. The Morgan fingerprint density at radius 3 is 2.82 bits per heavy atom. The summed E-state index contributed by atoms with van der Waals surface area (Å²) in [6, 6.07) is 1.78. The molecule has 22 heavy (non-hydrogen) atoms. The third-order valence-corrected chi connectivity index (χ3v) is 4.73. The number of hydrogen-bond acceptors (Lipinski definition) is 3. The third kappa shape index (κ3) is 2.28. The Balaban J connectivity index is 2.00. The predicted octanol–water partition coefficient (Wildman–Crippen LogP) is 2.70. The van der Waals surface area contributed by atoms with Crippen LogP contribution >= 0.6 is 0 Å². The van der Waals surface area contributed by atoms with Crippen molar-refractivity contribution < 1.29 is 0 Å². The summed E-state index contributed by atoms with van der Waals surface area (Å²) in [5, 5.41) is 4.59. The fourth-order valence-electron chi connectivity index (χ4n) is 3.92. The summed E-state index contributed by atoms with van der Waals surface area (Å²) in [6.07, 6.45) is 3.52. The van der Waals surface area contributed by atoms with E-state index in [1.54, 1.807) is 12.3 Å². The molecule has 0 spiro atoms. The van der Waals surface area contributed by atoms with Crippen LogP contribution in [0.2, 0.25) is 0 Å². The Kier molecular flexibility index (Phi) is 3.67. The highest BCUT2D eigenvalue weighted by Gasteiger charge is 2.32. The van der Waals surface area contributed by atoms with Crippen LogP contribution in [0.5, 0.6) is 0 Å². The van der Waals surface area contributed by atoms with E-state index in [1.807, 2.05) is 16.3 Å². The van der Waals surface area contributed by atoms with Crippen LogP contribution in [-0.4, -0.2) is 19.3 Å². The fourth-order valence-corrected chi connectivity index (χ4v) is 3.92. The normalized spacial score (nSPS) is 20.6. The molecule has 118 valence electrons. The van der Waals surface area contributed by atoms with Gasteiger partial charge in [-0.15, -0.1) is 0 Å². The summed E-state index contributed by atoms with van der Waals surface area (Å²) >= 11 is 0. The first kappa shape index (κ1) is 15.0. The molecule has 3 rings (SSSR count). The Morgan fingerprint density at radius 2 is 2.14 bits per heavy atom. The van der Waals surface area contributed by atoms with Crippen LogP contribution in [-0.2, 0) is 13.5 Å². The Morgan fingerprint density at radius 1 is 1.41 bits per heavy atom. The molecule has 0 aliphatic carbocycles. The monoisotopic (exact) mass is 300 g/mol. The van der Waals surface area contributed by atoms with Crippen molar-refractivity contribution in [2.75, 3.05) is 0 Å². The second-order valence-electron chi connectivity index (χ2n) is 6.72. The van der Waals surface area contributed by atoms with Gasteiger partial charge in [-0.1, -0.05) is 13.8 Å². The Bertz CT molecular complexity index is 757. The Hall–Kier alpha value is -1.91. The summed E-state index contributed by atoms with van der Waals surface area (Å²) in [5.41, 5.74) is 3.77. The van der Waals surface area contributed by atoms with Crippen LogP contribution in [0.4, 0.5) is 0 Å². The van der Waals surface area contributed by atoms with E-state index in [0.717, 1.165) is 24.4 Å². The van der Waals surface area contributed by atoms with Gasteiger partial charge >= 0.3 is 0 Å². The van der Waals surface area contributed by atoms with E-state index in [4.69, 9.17) is 0 Å². The van der Waals surface area contributed by atoms with Gasteiger partial charge in [0.25, 0.3) is 5.56 Å². The summed E-state index contributed by atoms with van der Waals surface area (Å²) in [6.45, 7) is 8.58. The van der Waals surface area contributed by atoms with Gasteiger partial charge in [-0.05, 0) is 38.2 Å². The molecular weight excluding hydrogens is 276 g/mol. The molecule has 2 aromatic rings. The lowest BCUT2D eigenvalue weighted by Gasteiger charge is -2.14. The van der Waals surface area contributed by atoms with Crippen molar-refractivity contribution in [3.8, 4) is 0 Å². The smallest absolute Gasteiger partial charge is 0.253 e. The van der Waals surface area contributed by atoms with Crippen molar-refractivity contribution in [3.63, 3.8) is 0 Å². The van der Waals surface area contributed by atoms with Gasteiger partial charge < -0.3 is 0 Å². The maximum Gasteiger partial charge on any atom is 0.253 e. The first-order valence-corrected chi connectivity index (χ1v) is 8.00. The van der Waals surface area contributed by atoms with Gasteiger partial charge in [-0.2, -0.15) is 5.10 Å². The molecule has 5 nitrogen and oxygen atoms in total. The van der Waals surface area contributed by atoms with E-state index in [2.05, 4.69) is 37.8 Å². The van der Waals surface area contributed by atoms with Gasteiger partial charge in [-0.3, -0.25) is 14.0 Å². The van der Waals surface area contributed by atoms with Gasteiger partial charge in [0.05, 0.1) is 5.69 Å². The van der Waals surface area contributed by atoms with E-state index >= 15 is 0 Å². The number of rotatable bonds is 3. The van der Waals surface area contributed by atoms with Crippen LogP contribution in [0.25, 0.3) is 0 Å². The zero-order valence-electron chi connectivity index (χ0n) is 14.0. The maximum atomic E-state index is 12.1. The number of hydrogen-bond donors (Lipinski definition) is 0. The van der Waals surface area contributed by atoms with E-state index in [0.29, 0.717) is 11.8 Å². The number of aryl methyl sites for hydroxylation is 2. The molecule has 1 aliphatic rings. The molecule has 0 saturated heterocycles.